The van der Waals surface area contributed by atoms with E-state index in [0.717, 1.165) is 53.8 Å². The Balaban J connectivity index is 1.27. The number of anilines is 1. The van der Waals surface area contributed by atoms with E-state index in [-0.39, 0.29) is 11.8 Å². The average Bonchev–Trinajstić information content (AvgIpc) is 3.29. The molecule has 29 heavy (non-hydrogen) atoms. The van der Waals surface area contributed by atoms with E-state index in [1.54, 1.807) is 7.11 Å². The Bertz CT molecular complexity index is 935. The Labute approximate surface area is 174 Å². The van der Waals surface area contributed by atoms with Gasteiger partial charge in [0, 0.05) is 42.6 Å². The van der Waals surface area contributed by atoms with Crippen molar-refractivity contribution in [2.45, 2.75) is 19.4 Å². The molecule has 1 aliphatic rings. The summed E-state index contributed by atoms with van der Waals surface area (Å²) in [5.41, 5.74) is 2.10. The summed E-state index contributed by atoms with van der Waals surface area (Å²) in [6.45, 7) is 2.19. The summed E-state index contributed by atoms with van der Waals surface area (Å²) in [6, 6.07) is 17.8. The molecule has 3 aromatic rings. The molecule has 6 nitrogen and oxygen atoms in total. The Morgan fingerprint density at radius 2 is 1.86 bits per heavy atom. The van der Waals surface area contributed by atoms with Crippen LogP contribution in [0.15, 0.2) is 54.6 Å². The number of rotatable bonds is 6. The van der Waals surface area contributed by atoms with Crippen molar-refractivity contribution in [3.63, 3.8) is 0 Å². The van der Waals surface area contributed by atoms with Crippen LogP contribution in [0.2, 0.25) is 0 Å². The molecule has 0 spiro atoms. The lowest BCUT2D eigenvalue weighted by Gasteiger charge is -2.30. The summed E-state index contributed by atoms with van der Waals surface area (Å²) in [5.74, 6) is 1.76. The number of hydrogen-bond donors (Lipinski definition) is 1. The minimum absolute atomic E-state index is 0.0472. The SMILES string of the molecule is COc1ccc(CNC(=O)C2CCN(c3nc(-c4ccccc4)ns3)CC2)cc1. The summed E-state index contributed by atoms with van der Waals surface area (Å²) < 4.78 is 9.65. The predicted molar refractivity (Wildman–Crippen MR) is 115 cm³/mol. The normalized spacial score (nSPS) is 14.6. The second-order valence-corrected chi connectivity index (χ2v) is 7.82. The fourth-order valence-electron chi connectivity index (χ4n) is 3.46. The number of benzene rings is 2. The molecule has 1 amide bonds. The van der Waals surface area contributed by atoms with Crippen molar-refractivity contribution in [1.29, 1.82) is 0 Å². The number of nitrogens with zero attached hydrogens (tertiary/aromatic N) is 3. The molecular weight excluding hydrogens is 384 g/mol. The van der Waals surface area contributed by atoms with Crippen LogP contribution < -0.4 is 15.0 Å². The first-order valence-electron chi connectivity index (χ1n) is 9.77. The smallest absolute Gasteiger partial charge is 0.223 e. The Hall–Kier alpha value is -2.93. The lowest BCUT2D eigenvalue weighted by molar-refractivity contribution is -0.125. The molecule has 0 radical (unpaired) electrons. The molecule has 0 bridgehead atoms. The van der Waals surface area contributed by atoms with Gasteiger partial charge in [-0.15, -0.1) is 0 Å². The zero-order chi connectivity index (χ0) is 20.1. The van der Waals surface area contributed by atoms with Gasteiger partial charge in [0.2, 0.25) is 11.0 Å². The maximum absolute atomic E-state index is 12.5. The number of ether oxygens (including phenoxy) is 1. The van der Waals surface area contributed by atoms with Crippen LogP contribution in [0.1, 0.15) is 18.4 Å². The molecule has 0 atom stereocenters. The molecule has 7 heteroatoms. The largest absolute Gasteiger partial charge is 0.497 e. The summed E-state index contributed by atoms with van der Waals surface area (Å²) >= 11 is 1.43. The number of hydrogen-bond acceptors (Lipinski definition) is 6. The lowest BCUT2D eigenvalue weighted by atomic mass is 9.96. The van der Waals surface area contributed by atoms with Gasteiger partial charge in [0.25, 0.3) is 0 Å². The van der Waals surface area contributed by atoms with Gasteiger partial charge in [0.15, 0.2) is 5.82 Å². The van der Waals surface area contributed by atoms with Gasteiger partial charge in [-0.2, -0.15) is 9.36 Å². The number of carbonyl (C=O) groups excluding carboxylic acids is 1. The fraction of sp³-hybridized carbons (Fsp3) is 0.318. The van der Waals surface area contributed by atoms with E-state index >= 15 is 0 Å². The van der Waals surface area contributed by atoms with Gasteiger partial charge >= 0.3 is 0 Å². The number of nitrogens with one attached hydrogen (secondary N) is 1. The van der Waals surface area contributed by atoms with Crippen LogP contribution >= 0.6 is 11.5 Å². The molecule has 0 aliphatic carbocycles. The molecule has 1 aromatic heterocycles. The van der Waals surface area contributed by atoms with Crippen LogP contribution in [0.25, 0.3) is 11.4 Å². The van der Waals surface area contributed by atoms with Gasteiger partial charge < -0.3 is 15.0 Å². The first-order chi connectivity index (χ1) is 14.2. The zero-order valence-electron chi connectivity index (χ0n) is 16.4. The number of piperidine rings is 1. The number of amides is 1. The first-order valence-corrected chi connectivity index (χ1v) is 10.5. The van der Waals surface area contributed by atoms with Crippen molar-refractivity contribution in [2.24, 2.45) is 5.92 Å². The molecule has 150 valence electrons. The molecule has 0 unspecified atom stereocenters. The van der Waals surface area contributed by atoms with Gasteiger partial charge in [0.05, 0.1) is 7.11 Å². The van der Waals surface area contributed by atoms with Crippen molar-refractivity contribution in [1.82, 2.24) is 14.7 Å². The van der Waals surface area contributed by atoms with Crippen LogP contribution in [-0.4, -0.2) is 35.5 Å². The predicted octanol–water partition coefficient (Wildman–Crippen LogP) is 3.75. The third-order valence-corrected chi connectivity index (χ3v) is 5.99. The molecule has 4 rings (SSSR count). The summed E-state index contributed by atoms with van der Waals surface area (Å²) in [6.07, 6.45) is 1.66. The summed E-state index contributed by atoms with van der Waals surface area (Å²) in [5, 5.41) is 3.99. The quantitative estimate of drug-likeness (QED) is 0.673. The second-order valence-electron chi connectivity index (χ2n) is 7.09. The number of aromatic nitrogens is 2. The minimum Gasteiger partial charge on any atom is -0.497 e. The Kier molecular flexibility index (Phi) is 6.05. The Morgan fingerprint density at radius 1 is 1.14 bits per heavy atom. The van der Waals surface area contributed by atoms with Crippen molar-refractivity contribution in [2.75, 3.05) is 25.1 Å². The summed E-state index contributed by atoms with van der Waals surface area (Å²) in [4.78, 5) is 19.5. The van der Waals surface area contributed by atoms with E-state index in [1.165, 1.54) is 11.5 Å². The fourth-order valence-corrected chi connectivity index (χ4v) is 4.20. The van der Waals surface area contributed by atoms with E-state index in [2.05, 4.69) is 19.6 Å². The van der Waals surface area contributed by atoms with Gasteiger partial charge in [-0.3, -0.25) is 4.79 Å². The third-order valence-electron chi connectivity index (χ3n) is 5.21. The molecular formula is C22H24N4O2S. The molecule has 2 heterocycles. The topological polar surface area (TPSA) is 67.3 Å². The lowest BCUT2D eigenvalue weighted by Crippen LogP contribution is -2.40. The summed E-state index contributed by atoms with van der Waals surface area (Å²) in [7, 11) is 1.65. The maximum atomic E-state index is 12.5. The maximum Gasteiger partial charge on any atom is 0.223 e. The van der Waals surface area contributed by atoms with E-state index in [4.69, 9.17) is 4.74 Å². The highest BCUT2D eigenvalue weighted by Crippen LogP contribution is 2.28. The van der Waals surface area contributed by atoms with Crippen LogP contribution in [0.5, 0.6) is 5.75 Å². The van der Waals surface area contributed by atoms with Crippen LogP contribution in [0.4, 0.5) is 5.13 Å². The van der Waals surface area contributed by atoms with Crippen molar-refractivity contribution < 1.29 is 9.53 Å². The first kappa shape index (κ1) is 19.4. The highest BCUT2D eigenvalue weighted by molar-refractivity contribution is 7.09. The zero-order valence-corrected chi connectivity index (χ0v) is 17.2. The van der Waals surface area contributed by atoms with Crippen LogP contribution in [-0.2, 0) is 11.3 Å². The van der Waals surface area contributed by atoms with Crippen molar-refractivity contribution >= 4 is 22.6 Å². The monoisotopic (exact) mass is 408 g/mol. The average molecular weight is 409 g/mol. The second kappa shape index (κ2) is 9.05. The Morgan fingerprint density at radius 3 is 2.55 bits per heavy atom. The molecule has 0 saturated carbocycles. The van der Waals surface area contributed by atoms with E-state index < -0.39 is 0 Å². The van der Waals surface area contributed by atoms with E-state index in [0.29, 0.717) is 6.54 Å². The molecule has 1 fully saturated rings. The van der Waals surface area contributed by atoms with Gasteiger partial charge in [-0.05, 0) is 30.5 Å². The highest BCUT2D eigenvalue weighted by atomic mass is 32.1. The van der Waals surface area contributed by atoms with Gasteiger partial charge in [-0.25, -0.2) is 0 Å². The van der Waals surface area contributed by atoms with Crippen LogP contribution in [0.3, 0.4) is 0 Å². The molecule has 1 aliphatic heterocycles. The standard InChI is InChI=1S/C22H24N4O2S/c1-28-19-9-7-16(8-10-19)15-23-21(27)18-11-13-26(14-12-18)22-24-20(25-29-22)17-5-3-2-4-6-17/h2-10,18H,11-15H2,1H3,(H,23,27). The highest BCUT2D eigenvalue weighted by Gasteiger charge is 2.26. The molecule has 1 N–H and O–H groups in total. The van der Waals surface area contributed by atoms with Crippen molar-refractivity contribution in [3.8, 4) is 17.1 Å². The molecule has 1 saturated heterocycles. The van der Waals surface area contributed by atoms with Gasteiger partial charge in [0.1, 0.15) is 5.75 Å². The van der Waals surface area contributed by atoms with E-state index in [1.807, 2.05) is 54.6 Å². The van der Waals surface area contributed by atoms with Crippen molar-refractivity contribution in [3.05, 3.63) is 60.2 Å². The number of carbonyl (C=O) groups is 1. The third kappa shape index (κ3) is 4.74. The van der Waals surface area contributed by atoms with Gasteiger partial charge in [-0.1, -0.05) is 42.5 Å². The minimum atomic E-state index is 0.0472. The van der Waals surface area contributed by atoms with Crippen LogP contribution in [0, 0.1) is 5.92 Å². The van der Waals surface area contributed by atoms with E-state index in [9.17, 15) is 4.79 Å². The molecule has 2 aromatic carbocycles. The number of methoxy groups -OCH3 is 1.